The third kappa shape index (κ3) is 2.85. The summed E-state index contributed by atoms with van der Waals surface area (Å²) >= 11 is 0. The van der Waals surface area contributed by atoms with Gasteiger partial charge in [0.2, 0.25) is 0 Å². The third-order valence-electron chi connectivity index (χ3n) is 1.21. The molecule has 1 rings (SSSR count). The number of nitrogens with zero attached hydrogens (tertiary/aromatic N) is 1. The number of pyridine rings is 1. The van der Waals surface area contributed by atoms with Gasteiger partial charge in [0.25, 0.3) is 0 Å². The van der Waals surface area contributed by atoms with Crippen LogP contribution in [0.2, 0.25) is 0 Å². The Kier molecular flexibility index (Phi) is 2.66. The molecule has 0 N–H and O–H groups in total. The molecule has 0 bridgehead atoms. The topological polar surface area (TPSA) is 22.1 Å². The van der Waals surface area contributed by atoms with Crippen LogP contribution < -0.4 is 0 Å². The molecule has 1 aromatic heterocycles. The van der Waals surface area contributed by atoms with Gasteiger partial charge in [-0.15, -0.1) is 0 Å². The van der Waals surface area contributed by atoms with Crippen LogP contribution in [-0.4, -0.2) is 4.98 Å². The molecule has 0 aliphatic rings. The zero-order valence-electron chi connectivity index (χ0n) is 6.58. The highest BCUT2D eigenvalue weighted by Crippen LogP contribution is 2.01. The van der Waals surface area contributed by atoms with E-state index in [0.29, 0.717) is 6.61 Å². The maximum absolute atomic E-state index is 5.19. The van der Waals surface area contributed by atoms with Crippen LogP contribution in [0.4, 0.5) is 0 Å². The van der Waals surface area contributed by atoms with Crippen LogP contribution in [0.3, 0.4) is 0 Å². The minimum Gasteiger partial charge on any atom is -0.494 e. The minimum atomic E-state index is 0.559. The second-order valence-corrected chi connectivity index (χ2v) is 2.35. The molecule has 0 fully saturated rings. The summed E-state index contributed by atoms with van der Waals surface area (Å²) in [5, 5.41) is 0. The second-order valence-electron chi connectivity index (χ2n) is 2.35. The molecule has 0 saturated heterocycles. The first kappa shape index (κ1) is 7.79. The predicted molar refractivity (Wildman–Crippen MR) is 43.8 cm³/mol. The average Bonchev–Trinajstić information content (AvgIpc) is 2.03. The van der Waals surface area contributed by atoms with Crippen molar-refractivity contribution < 1.29 is 4.74 Å². The van der Waals surface area contributed by atoms with Crippen molar-refractivity contribution in [3.05, 3.63) is 42.4 Å². The molecule has 0 aliphatic carbocycles. The fourth-order valence-corrected chi connectivity index (χ4v) is 0.690. The molecule has 0 spiro atoms. The summed E-state index contributed by atoms with van der Waals surface area (Å²) in [5.74, 6) is 0.730. The molecule has 2 nitrogen and oxygen atoms in total. The summed E-state index contributed by atoms with van der Waals surface area (Å²) in [7, 11) is 0. The van der Waals surface area contributed by atoms with Gasteiger partial charge >= 0.3 is 0 Å². The van der Waals surface area contributed by atoms with Crippen LogP contribution in [0.25, 0.3) is 0 Å². The molecule has 0 aliphatic heterocycles. The third-order valence-corrected chi connectivity index (χ3v) is 1.21. The van der Waals surface area contributed by atoms with Crippen molar-refractivity contribution >= 4 is 0 Å². The smallest absolute Gasteiger partial charge is 0.114 e. The number of hydrogen-bond donors (Lipinski definition) is 0. The molecule has 2 heteroatoms. The van der Waals surface area contributed by atoms with Gasteiger partial charge in [-0.1, -0.05) is 12.6 Å². The van der Waals surface area contributed by atoms with Crippen LogP contribution in [0, 0.1) is 0 Å². The molecule has 0 radical (unpaired) electrons. The van der Waals surface area contributed by atoms with Crippen molar-refractivity contribution in [1.29, 1.82) is 0 Å². The van der Waals surface area contributed by atoms with E-state index in [2.05, 4.69) is 11.6 Å². The lowest BCUT2D eigenvalue weighted by atomic mass is 10.3. The lowest BCUT2D eigenvalue weighted by molar-refractivity contribution is 0.202. The van der Waals surface area contributed by atoms with Gasteiger partial charge in [-0.3, -0.25) is 4.98 Å². The summed E-state index contributed by atoms with van der Waals surface area (Å²) in [6.07, 6.45) is 3.52. The lowest BCUT2D eigenvalue weighted by Gasteiger charge is -2.03. The van der Waals surface area contributed by atoms with Gasteiger partial charge in [0.05, 0.1) is 5.76 Å². The first-order chi connectivity index (χ1) is 5.29. The molecule has 1 heterocycles. The molecule has 0 unspecified atom stereocenters. The van der Waals surface area contributed by atoms with Crippen LogP contribution >= 0.6 is 0 Å². The van der Waals surface area contributed by atoms with Crippen molar-refractivity contribution in [2.24, 2.45) is 0 Å². The van der Waals surface area contributed by atoms with Gasteiger partial charge < -0.3 is 4.74 Å². The Morgan fingerprint density at radius 3 is 3.09 bits per heavy atom. The van der Waals surface area contributed by atoms with Crippen LogP contribution in [0.15, 0.2) is 36.9 Å². The molecular formula is C9H11NO. The Labute approximate surface area is 66.5 Å². The second kappa shape index (κ2) is 3.76. The normalized spacial score (nSPS) is 9.18. The van der Waals surface area contributed by atoms with E-state index in [4.69, 9.17) is 4.74 Å². The maximum Gasteiger partial charge on any atom is 0.114 e. The number of allylic oxidation sites excluding steroid dienone is 1. The van der Waals surface area contributed by atoms with Gasteiger partial charge in [-0.25, -0.2) is 0 Å². The fourth-order valence-electron chi connectivity index (χ4n) is 0.690. The number of rotatable bonds is 3. The minimum absolute atomic E-state index is 0.559. The molecule has 58 valence electrons. The first-order valence-electron chi connectivity index (χ1n) is 3.46. The van der Waals surface area contributed by atoms with Crippen LogP contribution in [0.5, 0.6) is 0 Å². The SMILES string of the molecule is C=C(C)OCc1cccnc1. The lowest BCUT2D eigenvalue weighted by Crippen LogP contribution is -1.89. The molecule has 0 atom stereocenters. The van der Waals surface area contributed by atoms with Crippen molar-refractivity contribution in [2.45, 2.75) is 13.5 Å². The molecule has 0 aromatic carbocycles. The average molecular weight is 149 g/mol. The van der Waals surface area contributed by atoms with Crippen LogP contribution in [0.1, 0.15) is 12.5 Å². The Morgan fingerprint density at radius 1 is 1.73 bits per heavy atom. The van der Waals surface area contributed by atoms with Gasteiger partial charge in [-0.2, -0.15) is 0 Å². The van der Waals surface area contributed by atoms with Crippen molar-refractivity contribution in [3.63, 3.8) is 0 Å². The number of hydrogen-bond acceptors (Lipinski definition) is 2. The zero-order valence-corrected chi connectivity index (χ0v) is 6.58. The maximum atomic E-state index is 5.19. The Morgan fingerprint density at radius 2 is 2.55 bits per heavy atom. The Hall–Kier alpha value is -1.31. The Bertz CT molecular complexity index is 231. The van der Waals surface area contributed by atoms with Crippen molar-refractivity contribution in [2.75, 3.05) is 0 Å². The van der Waals surface area contributed by atoms with Crippen LogP contribution in [-0.2, 0) is 11.3 Å². The summed E-state index contributed by atoms with van der Waals surface area (Å²) in [6, 6.07) is 3.85. The number of ether oxygens (including phenoxy) is 1. The number of aromatic nitrogens is 1. The van der Waals surface area contributed by atoms with Gasteiger partial charge in [0.1, 0.15) is 6.61 Å². The molecule has 0 amide bonds. The standard InChI is InChI=1S/C9H11NO/c1-8(2)11-7-9-4-3-5-10-6-9/h3-6H,1,7H2,2H3. The van der Waals surface area contributed by atoms with E-state index in [9.17, 15) is 0 Å². The van der Waals surface area contributed by atoms with Crippen molar-refractivity contribution in [1.82, 2.24) is 4.98 Å². The fraction of sp³-hybridized carbons (Fsp3) is 0.222. The molecular weight excluding hydrogens is 138 g/mol. The van der Waals surface area contributed by atoms with Gasteiger partial charge in [0, 0.05) is 18.0 Å². The molecule has 0 saturated carbocycles. The highest BCUT2D eigenvalue weighted by Gasteiger charge is 1.90. The van der Waals surface area contributed by atoms with E-state index in [1.54, 1.807) is 12.4 Å². The molecule has 1 aromatic rings. The predicted octanol–water partition coefficient (Wildman–Crippen LogP) is 2.13. The first-order valence-corrected chi connectivity index (χ1v) is 3.46. The summed E-state index contributed by atoms with van der Waals surface area (Å²) in [4.78, 5) is 3.95. The summed E-state index contributed by atoms with van der Waals surface area (Å²) in [5.41, 5.74) is 1.07. The van der Waals surface area contributed by atoms with E-state index < -0.39 is 0 Å². The van der Waals surface area contributed by atoms with E-state index in [0.717, 1.165) is 11.3 Å². The summed E-state index contributed by atoms with van der Waals surface area (Å²) < 4.78 is 5.19. The van der Waals surface area contributed by atoms with E-state index in [-0.39, 0.29) is 0 Å². The largest absolute Gasteiger partial charge is 0.494 e. The van der Waals surface area contributed by atoms with Gasteiger partial charge in [0.15, 0.2) is 0 Å². The van der Waals surface area contributed by atoms with E-state index in [1.165, 1.54) is 0 Å². The zero-order chi connectivity index (χ0) is 8.10. The Balaban J connectivity index is 2.45. The quantitative estimate of drug-likeness (QED) is 0.614. The highest BCUT2D eigenvalue weighted by atomic mass is 16.5. The van der Waals surface area contributed by atoms with E-state index >= 15 is 0 Å². The molecule has 11 heavy (non-hydrogen) atoms. The van der Waals surface area contributed by atoms with Crippen molar-refractivity contribution in [3.8, 4) is 0 Å². The highest BCUT2D eigenvalue weighted by molar-refractivity contribution is 5.07. The monoisotopic (exact) mass is 149 g/mol. The van der Waals surface area contributed by atoms with E-state index in [1.807, 2.05) is 19.1 Å². The summed E-state index contributed by atoms with van der Waals surface area (Å²) in [6.45, 7) is 6.02. The van der Waals surface area contributed by atoms with Gasteiger partial charge in [-0.05, 0) is 13.0 Å².